The Morgan fingerprint density at radius 1 is 1.33 bits per heavy atom. The molecule has 0 heterocycles. The van der Waals surface area contributed by atoms with E-state index in [0.29, 0.717) is 0 Å². The average molecular weight is 220 g/mol. The topological polar surface area (TPSA) is 0 Å². The molecule has 0 rings (SSSR count). The fourth-order valence-corrected chi connectivity index (χ4v) is 0.509. The van der Waals surface area contributed by atoms with E-state index < -0.39 is 11.8 Å². The van der Waals surface area contributed by atoms with Gasteiger partial charge in [-0.1, -0.05) is 45.9 Å². The highest BCUT2D eigenvalue weighted by Gasteiger charge is 2.27. The van der Waals surface area contributed by atoms with Crippen LogP contribution in [-0.2, 0) is 0 Å². The van der Waals surface area contributed by atoms with Gasteiger partial charge in [0.15, 0.2) is 0 Å². The van der Waals surface area contributed by atoms with Crippen LogP contribution in [-0.4, -0.2) is 5.92 Å². The van der Waals surface area contributed by atoms with E-state index in [1.54, 1.807) is 18.2 Å². The van der Waals surface area contributed by atoms with Crippen molar-refractivity contribution in [3.05, 3.63) is 24.8 Å². The zero-order chi connectivity index (χ0) is 12.9. The predicted molar refractivity (Wildman–Crippen MR) is 66.4 cm³/mol. The third-order valence-electron chi connectivity index (χ3n) is 1.46. The molecular weight excluding hydrogens is 194 g/mol. The summed E-state index contributed by atoms with van der Waals surface area (Å²) in [6.45, 7) is 13.6. The average Bonchev–Trinajstić information content (AvgIpc) is 2.17. The first-order valence-corrected chi connectivity index (χ1v) is 5.51. The smallest absolute Gasteiger partial charge is 0.207 e. The van der Waals surface area contributed by atoms with Gasteiger partial charge in [-0.3, -0.25) is 0 Å². The summed E-state index contributed by atoms with van der Waals surface area (Å²) in [7, 11) is 0. The van der Waals surface area contributed by atoms with Gasteiger partial charge < -0.3 is 0 Å². The number of alkyl halides is 2. The van der Waals surface area contributed by atoms with Crippen molar-refractivity contribution in [2.75, 3.05) is 0 Å². The van der Waals surface area contributed by atoms with Crippen LogP contribution in [0.25, 0.3) is 0 Å². The number of hydrogen-bond donors (Lipinski definition) is 0. The van der Waals surface area contributed by atoms with Gasteiger partial charge in [-0.2, -0.15) is 0 Å². The zero-order valence-corrected chi connectivity index (χ0v) is 11.0. The van der Waals surface area contributed by atoms with Gasteiger partial charge in [0.2, 0.25) is 0 Å². The van der Waals surface area contributed by atoms with Crippen molar-refractivity contribution < 1.29 is 8.78 Å². The molecule has 0 aliphatic carbocycles. The first-order chi connectivity index (χ1) is 6.90. The molecule has 2 heteroatoms. The van der Waals surface area contributed by atoms with E-state index >= 15 is 0 Å². The molecule has 1 unspecified atom stereocenters. The normalized spacial score (nSPS) is 12.0. The molecule has 0 N–H and O–H groups in total. The Hall–Kier alpha value is -0.660. The third-order valence-corrected chi connectivity index (χ3v) is 1.46. The summed E-state index contributed by atoms with van der Waals surface area (Å²) in [4.78, 5) is 0. The summed E-state index contributed by atoms with van der Waals surface area (Å²) in [6, 6.07) is 0. The van der Waals surface area contributed by atoms with Crippen molar-refractivity contribution in [2.24, 2.45) is 5.92 Å². The summed E-state index contributed by atoms with van der Waals surface area (Å²) in [5, 5.41) is 0. The van der Waals surface area contributed by atoms with Gasteiger partial charge in [0.25, 0.3) is 5.92 Å². The van der Waals surface area contributed by atoms with Crippen LogP contribution in [0.15, 0.2) is 24.8 Å². The van der Waals surface area contributed by atoms with E-state index in [4.69, 9.17) is 0 Å². The number of allylic oxidation sites excluding steroid dienone is 3. The molecule has 0 aromatic rings. The van der Waals surface area contributed by atoms with Gasteiger partial charge in [-0.15, -0.1) is 6.58 Å². The van der Waals surface area contributed by atoms with E-state index in [0.717, 1.165) is 13.3 Å². The summed E-state index contributed by atoms with van der Waals surface area (Å²) < 4.78 is 24.8. The molecular formula is C13H26F2. The molecule has 0 aromatic heterocycles. The standard InChI is InChI=1S/C8H14F2.C3H6.C2H6/c1-4-5-6-7(2)8(3,9)10;1-3-2;1-2/h5-7H,4H2,1-3H3;3H,1H2,2H3;1-2H3/b6-5-;;. The van der Waals surface area contributed by atoms with Gasteiger partial charge in [-0.25, -0.2) is 8.78 Å². The molecule has 0 spiro atoms. The Kier molecular flexibility index (Phi) is 17.6. The molecule has 15 heavy (non-hydrogen) atoms. The minimum atomic E-state index is -2.58. The van der Waals surface area contributed by atoms with Crippen LogP contribution in [0.3, 0.4) is 0 Å². The van der Waals surface area contributed by atoms with Crippen LogP contribution in [0.5, 0.6) is 0 Å². The molecule has 0 amide bonds. The Labute approximate surface area is 94.1 Å². The van der Waals surface area contributed by atoms with E-state index in [2.05, 4.69) is 6.58 Å². The quantitative estimate of drug-likeness (QED) is 0.554. The minimum absolute atomic E-state index is 0.646. The number of rotatable bonds is 3. The maximum absolute atomic E-state index is 12.4. The van der Waals surface area contributed by atoms with Crippen molar-refractivity contribution in [1.82, 2.24) is 0 Å². The highest BCUT2D eigenvalue weighted by atomic mass is 19.3. The second-order valence-corrected chi connectivity index (χ2v) is 2.99. The molecule has 0 bridgehead atoms. The van der Waals surface area contributed by atoms with Crippen LogP contribution >= 0.6 is 0 Å². The second kappa shape index (κ2) is 13.3. The SMILES string of the molecule is C=CC.CC.CC/C=C\C(C)C(C)(F)F. The lowest BCUT2D eigenvalue weighted by atomic mass is 10.1. The molecule has 0 aromatic carbocycles. The molecule has 1 atom stereocenters. The first-order valence-electron chi connectivity index (χ1n) is 5.51. The van der Waals surface area contributed by atoms with Crippen LogP contribution < -0.4 is 0 Å². The lowest BCUT2D eigenvalue weighted by Crippen LogP contribution is -2.19. The maximum atomic E-state index is 12.4. The lowest BCUT2D eigenvalue weighted by Gasteiger charge is -2.14. The number of hydrogen-bond acceptors (Lipinski definition) is 0. The van der Waals surface area contributed by atoms with E-state index in [1.807, 2.05) is 27.7 Å². The van der Waals surface area contributed by atoms with Crippen molar-refractivity contribution in [2.45, 2.75) is 53.9 Å². The van der Waals surface area contributed by atoms with Crippen molar-refractivity contribution in [1.29, 1.82) is 0 Å². The van der Waals surface area contributed by atoms with Gasteiger partial charge in [0.1, 0.15) is 0 Å². The van der Waals surface area contributed by atoms with Crippen LogP contribution in [0, 0.1) is 5.92 Å². The fraction of sp³-hybridized carbons (Fsp3) is 0.692. The van der Waals surface area contributed by atoms with Gasteiger partial charge in [0, 0.05) is 5.92 Å². The lowest BCUT2D eigenvalue weighted by molar-refractivity contribution is -0.0142. The largest absolute Gasteiger partial charge is 0.251 e. The molecule has 0 radical (unpaired) electrons. The monoisotopic (exact) mass is 220 g/mol. The van der Waals surface area contributed by atoms with Crippen LogP contribution in [0.2, 0.25) is 0 Å². The second-order valence-electron chi connectivity index (χ2n) is 2.99. The summed E-state index contributed by atoms with van der Waals surface area (Å²) in [6.07, 6.45) is 5.89. The molecule has 92 valence electrons. The Morgan fingerprint density at radius 2 is 1.67 bits per heavy atom. The van der Waals surface area contributed by atoms with E-state index in [-0.39, 0.29) is 0 Å². The van der Waals surface area contributed by atoms with Gasteiger partial charge >= 0.3 is 0 Å². The molecule has 0 aliphatic heterocycles. The van der Waals surface area contributed by atoms with Crippen molar-refractivity contribution >= 4 is 0 Å². The predicted octanol–water partition coefficient (Wildman–Crippen LogP) is 5.46. The molecule has 0 aliphatic rings. The Balaban J connectivity index is -0.000000245. The van der Waals surface area contributed by atoms with Crippen molar-refractivity contribution in [3.63, 3.8) is 0 Å². The molecule has 0 fully saturated rings. The Morgan fingerprint density at radius 3 is 1.87 bits per heavy atom. The summed E-state index contributed by atoms with van der Waals surface area (Å²) in [5.41, 5.74) is 0. The fourth-order valence-electron chi connectivity index (χ4n) is 0.509. The summed E-state index contributed by atoms with van der Waals surface area (Å²) >= 11 is 0. The number of halogens is 2. The van der Waals surface area contributed by atoms with Crippen LogP contribution in [0.1, 0.15) is 48.0 Å². The first kappa shape index (κ1) is 19.8. The molecule has 0 saturated carbocycles. The molecule has 0 saturated heterocycles. The highest BCUT2D eigenvalue weighted by molar-refractivity contribution is 4.90. The molecule has 0 nitrogen and oxygen atoms in total. The van der Waals surface area contributed by atoms with E-state index in [9.17, 15) is 8.78 Å². The highest BCUT2D eigenvalue weighted by Crippen LogP contribution is 2.24. The van der Waals surface area contributed by atoms with Crippen molar-refractivity contribution in [3.8, 4) is 0 Å². The van der Waals surface area contributed by atoms with E-state index in [1.165, 1.54) is 6.92 Å². The van der Waals surface area contributed by atoms with Gasteiger partial charge in [0.05, 0.1) is 0 Å². The van der Waals surface area contributed by atoms with Gasteiger partial charge in [-0.05, 0) is 20.3 Å². The minimum Gasteiger partial charge on any atom is -0.207 e. The Bertz CT molecular complexity index is 143. The maximum Gasteiger partial charge on any atom is 0.251 e. The summed E-state index contributed by atoms with van der Waals surface area (Å²) in [5.74, 6) is -3.22. The zero-order valence-electron chi connectivity index (χ0n) is 11.0. The van der Waals surface area contributed by atoms with Crippen LogP contribution in [0.4, 0.5) is 8.78 Å². The third kappa shape index (κ3) is 19.7.